The summed E-state index contributed by atoms with van der Waals surface area (Å²) in [6.07, 6.45) is 4.39. The van der Waals surface area contributed by atoms with Gasteiger partial charge < -0.3 is 10.2 Å². The number of anilines is 1. The van der Waals surface area contributed by atoms with Crippen LogP contribution in [0.25, 0.3) is 0 Å². The van der Waals surface area contributed by atoms with Crippen molar-refractivity contribution in [1.29, 1.82) is 0 Å². The van der Waals surface area contributed by atoms with E-state index in [2.05, 4.69) is 36.1 Å². The molecule has 0 aliphatic heterocycles. The minimum Gasteiger partial charge on any atom is -0.371 e. The molecule has 1 atom stereocenters. The zero-order valence-electron chi connectivity index (χ0n) is 12.8. The van der Waals surface area contributed by atoms with Crippen LogP contribution in [0.2, 0.25) is 0 Å². The minimum atomic E-state index is -0.00679. The van der Waals surface area contributed by atoms with Crippen LogP contribution in [0.1, 0.15) is 33.6 Å². The van der Waals surface area contributed by atoms with Crippen LogP contribution in [0.15, 0.2) is 17.1 Å². The maximum Gasteiger partial charge on any atom is 0.268 e. The minimum absolute atomic E-state index is 0.00679. The summed E-state index contributed by atoms with van der Waals surface area (Å²) in [6, 6.07) is 2.41. The topological polar surface area (TPSA) is 50.2 Å². The van der Waals surface area contributed by atoms with Crippen molar-refractivity contribution in [3.63, 3.8) is 0 Å². The molecule has 0 saturated heterocycles. The average Bonchev–Trinajstić information content (AvgIpc) is 3.25. The molecule has 0 radical (unpaired) electrons. The van der Waals surface area contributed by atoms with Crippen molar-refractivity contribution in [3.05, 3.63) is 22.6 Å². The van der Waals surface area contributed by atoms with E-state index in [1.165, 1.54) is 12.8 Å². The van der Waals surface area contributed by atoms with E-state index in [9.17, 15) is 4.79 Å². The van der Waals surface area contributed by atoms with Crippen molar-refractivity contribution in [3.8, 4) is 0 Å². The lowest BCUT2D eigenvalue weighted by Crippen LogP contribution is -2.32. The quantitative estimate of drug-likeness (QED) is 0.782. The fourth-order valence-corrected chi connectivity index (χ4v) is 2.34. The highest BCUT2D eigenvalue weighted by atomic mass is 16.1. The molecule has 1 N–H and O–H groups in total. The number of hydrogen-bond donors (Lipinski definition) is 1. The fraction of sp³-hybridized carbons (Fsp3) is 0.733. The summed E-state index contributed by atoms with van der Waals surface area (Å²) in [5.41, 5.74) is 0.910. The van der Waals surface area contributed by atoms with E-state index in [0.29, 0.717) is 18.5 Å². The van der Waals surface area contributed by atoms with Crippen LogP contribution in [0, 0.1) is 5.92 Å². The Morgan fingerprint density at radius 3 is 2.70 bits per heavy atom. The summed E-state index contributed by atoms with van der Waals surface area (Å²) < 4.78 is 1.58. The van der Waals surface area contributed by atoms with Gasteiger partial charge in [-0.25, -0.2) is 4.68 Å². The first-order chi connectivity index (χ1) is 9.63. The Labute approximate surface area is 121 Å². The maximum atomic E-state index is 12.1. The van der Waals surface area contributed by atoms with Crippen LogP contribution in [-0.4, -0.2) is 35.5 Å². The normalized spacial score (nSPS) is 16.1. The van der Waals surface area contributed by atoms with Crippen molar-refractivity contribution in [2.24, 2.45) is 5.92 Å². The first-order valence-corrected chi connectivity index (χ1v) is 7.69. The van der Waals surface area contributed by atoms with Gasteiger partial charge in [0, 0.05) is 31.7 Å². The highest BCUT2D eigenvalue weighted by Crippen LogP contribution is 2.18. The van der Waals surface area contributed by atoms with E-state index in [4.69, 9.17) is 0 Å². The van der Waals surface area contributed by atoms with Gasteiger partial charge in [-0.2, -0.15) is 5.10 Å². The van der Waals surface area contributed by atoms with Crippen LogP contribution in [0.3, 0.4) is 0 Å². The second kappa shape index (κ2) is 6.88. The Morgan fingerprint density at radius 1 is 1.45 bits per heavy atom. The summed E-state index contributed by atoms with van der Waals surface area (Å²) in [6.45, 7) is 9.74. The molecule has 1 aromatic heterocycles. The number of nitrogens with one attached hydrogen (secondary N) is 1. The van der Waals surface area contributed by atoms with Crippen molar-refractivity contribution in [1.82, 2.24) is 15.1 Å². The molecule has 0 spiro atoms. The van der Waals surface area contributed by atoms with Gasteiger partial charge in [-0.3, -0.25) is 4.79 Å². The molecule has 0 aromatic carbocycles. The predicted octanol–water partition coefficient (Wildman–Crippen LogP) is 1.48. The lowest BCUT2D eigenvalue weighted by molar-refractivity contribution is 0.409. The van der Waals surface area contributed by atoms with Crippen molar-refractivity contribution in [2.45, 2.75) is 46.2 Å². The van der Waals surface area contributed by atoms with Gasteiger partial charge in [0.05, 0.1) is 11.9 Å². The Bertz CT molecular complexity index is 477. The average molecular weight is 278 g/mol. The molecule has 1 heterocycles. The summed E-state index contributed by atoms with van der Waals surface area (Å²) in [5, 5.41) is 7.81. The van der Waals surface area contributed by atoms with Crippen LogP contribution in [-0.2, 0) is 6.54 Å². The third kappa shape index (κ3) is 4.07. The summed E-state index contributed by atoms with van der Waals surface area (Å²) in [5.74, 6) is 0.417. The number of nitrogens with zero attached hydrogens (tertiary/aromatic N) is 3. The molecule has 5 nitrogen and oxygen atoms in total. The van der Waals surface area contributed by atoms with E-state index < -0.39 is 0 Å². The smallest absolute Gasteiger partial charge is 0.268 e. The van der Waals surface area contributed by atoms with Crippen LogP contribution >= 0.6 is 0 Å². The van der Waals surface area contributed by atoms with Gasteiger partial charge in [0.15, 0.2) is 0 Å². The molecule has 5 heteroatoms. The van der Waals surface area contributed by atoms with E-state index in [1.807, 2.05) is 0 Å². The molecule has 1 saturated carbocycles. The monoisotopic (exact) mass is 278 g/mol. The molecule has 0 amide bonds. The molecule has 20 heavy (non-hydrogen) atoms. The Balaban J connectivity index is 1.95. The molecule has 1 aliphatic carbocycles. The zero-order chi connectivity index (χ0) is 14.5. The largest absolute Gasteiger partial charge is 0.371 e. The first-order valence-electron chi connectivity index (χ1n) is 7.69. The highest BCUT2D eigenvalue weighted by Gasteiger charge is 2.21. The van der Waals surface area contributed by atoms with Crippen LogP contribution in [0.5, 0.6) is 0 Å². The molecule has 112 valence electrons. The van der Waals surface area contributed by atoms with Gasteiger partial charge >= 0.3 is 0 Å². The van der Waals surface area contributed by atoms with Gasteiger partial charge in [-0.05, 0) is 39.2 Å². The number of aromatic nitrogens is 2. The Hall–Kier alpha value is -1.36. The standard InChI is InChI=1S/C15H26N4O/c1-4-18(5-2)14-8-15(20)19(17-10-14)11-12(3)9-16-13-6-7-13/h8,10,12-13,16H,4-7,9,11H2,1-3H3. The van der Waals surface area contributed by atoms with Gasteiger partial charge in [-0.1, -0.05) is 6.92 Å². The molecule has 1 aromatic rings. The SMILES string of the molecule is CCN(CC)c1cnn(CC(C)CNC2CC2)c(=O)c1. The summed E-state index contributed by atoms with van der Waals surface area (Å²) in [4.78, 5) is 14.3. The van der Waals surface area contributed by atoms with Crippen molar-refractivity contribution < 1.29 is 0 Å². The Morgan fingerprint density at radius 2 is 2.15 bits per heavy atom. The molecule has 2 rings (SSSR count). The predicted molar refractivity (Wildman–Crippen MR) is 82.2 cm³/mol. The molecule has 1 aliphatic rings. The van der Waals surface area contributed by atoms with E-state index in [-0.39, 0.29) is 5.56 Å². The molecule has 0 bridgehead atoms. The Kier molecular flexibility index (Phi) is 5.17. The van der Waals surface area contributed by atoms with Gasteiger partial charge in [0.1, 0.15) is 0 Å². The third-order valence-corrected chi connectivity index (χ3v) is 3.80. The highest BCUT2D eigenvalue weighted by molar-refractivity contribution is 5.42. The molecule has 1 fully saturated rings. The van der Waals surface area contributed by atoms with Gasteiger partial charge in [0.25, 0.3) is 5.56 Å². The van der Waals surface area contributed by atoms with E-state index in [0.717, 1.165) is 25.3 Å². The molecular formula is C15H26N4O. The van der Waals surface area contributed by atoms with Crippen molar-refractivity contribution >= 4 is 5.69 Å². The third-order valence-electron chi connectivity index (χ3n) is 3.80. The lowest BCUT2D eigenvalue weighted by Gasteiger charge is -2.21. The summed E-state index contributed by atoms with van der Waals surface area (Å²) in [7, 11) is 0. The molecular weight excluding hydrogens is 252 g/mol. The van der Waals surface area contributed by atoms with Crippen molar-refractivity contribution in [2.75, 3.05) is 24.5 Å². The van der Waals surface area contributed by atoms with E-state index >= 15 is 0 Å². The maximum absolute atomic E-state index is 12.1. The first kappa shape index (κ1) is 15.0. The number of hydrogen-bond acceptors (Lipinski definition) is 4. The van der Waals surface area contributed by atoms with Crippen LogP contribution < -0.4 is 15.8 Å². The van der Waals surface area contributed by atoms with Crippen LogP contribution in [0.4, 0.5) is 5.69 Å². The fourth-order valence-electron chi connectivity index (χ4n) is 2.34. The summed E-state index contributed by atoms with van der Waals surface area (Å²) >= 11 is 0. The number of rotatable bonds is 8. The van der Waals surface area contributed by atoms with Gasteiger partial charge in [0.2, 0.25) is 0 Å². The lowest BCUT2D eigenvalue weighted by atomic mass is 10.2. The molecule has 1 unspecified atom stereocenters. The second-order valence-corrected chi connectivity index (χ2v) is 5.69. The second-order valence-electron chi connectivity index (χ2n) is 5.69. The zero-order valence-corrected chi connectivity index (χ0v) is 12.8. The van der Waals surface area contributed by atoms with E-state index in [1.54, 1.807) is 16.9 Å². The van der Waals surface area contributed by atoms with Gasteiger partial charge in [-0.15, -0.1) is 0 Å².